The first-order valence-corrected chi connectivity index (χ1v) is 7.94. The van der Waals surface area contributed by atoms with Crippen molar-refractivity contribution in [3.8, 4) is 5.75 Å². The molecule has 2 atom stereocenters. The van der Waals surface area contributed by atoms with Gasteiger partial charge in [-0.1, -0.05) is 17.7 Å². The Bertz CT molecular complexity index is 561. The molecule has 0 radical (unpaired) electrons. The van der Waals surface area contributed by atoms with Gasteiger partial charge in [0.1, 0.15) is 11.8 Å². The van der Waals surface area contributed by atoms with Crippen molar-refractivity contribution < 1.29 is 19.1 Å². The van der Waals surface area contributed by atoms with Gasteiger partial charge in [0.05, 0.1) is 13.2 Å². The summed E-state index contributed by atoms with van der Waals surface area (Å²) in [6, 6.07) is 6.21. The van der Waals surface area contributed by atoms with Crippen molar-refractivity contribution >= 4 is 23.4 Å². The second-order valence-electron chi connectivity index (χ2n) is 5.39. The number of rotatable bonds is 5. The first-order chi connectivity index (χ1) is 11.0. The molecule has 0 bridgehead atoms. The molecular formula is C16H21ClN2O4. The molecule has 1 aromatic rings. The summed E-state index contributed by atoms with van der Waals surface area (Å²) in [5.41, 5.74) is 0. The molecule has 1 aromatic carbocycles. The van der Waals surface area contributed by atoms with Gasteiger partial charge < -0.3 is 19.7 Å². The Kier molecular flexibility index (Phi) is 6.24. The topological polar surface area (TPSA) is 67.9 Å². The van der Waals surface area contributed by atoms with Crippen molar-refractivity contribution in [1.29, 1.82) is 0 Å². The summed E-state index contributed by atoms with van der Waals surface area (Å²) in [5, 5.41) is 3.22. The van der Waals surface area contributed by atoms with E-state index in [0.29, 0.717) is 37.1 Å². The van der Waals surface area contributed by atoms with Crippen molar-refractivity contribution in [2.45, 2.75) is 26.0 Å². The molecule has 2 rings (SSSR count). The van der Waals surface area contributed by atoms with E-state index in [2.05, 4.69) is 5.32 Å². The zero-order valence-electron chi connectivity index (χ0n) is 13.3. The normalized spacial score (nSPS) is 17.3. The highest BCUT2D eigenvalue weighted by atomic mass is 35.5. The van der Waals surface area contributed by atoms with Gasteiger partial charge in [-0.05, 0) is 32.0 Å². The lowest BCUT2D eigenvalue weighted by molar-refractivity contribution is -0.140. The molecule has 7 heteroatoms. The molecule has 6 nitrogen and oxygen atoms in total. The molecule has 0 aromatic heterocycles. The number of amides is 2. The van der Waals surface area contributed by atoms with Gasteiger partial charge in [-0.25, -0.2) is 0 Å². The summed E-state index contributed by atoms with van der Waals surface area (Å²) in [4.78, 5) is 26.1. The van der Waals surface area contributed by atoms with Crippen molar-refractivity contribution in [2.24, 2.45) is 0 Å². The molecule has 0 saturated carbocycles. The molecular weight excluding hydrogens is 320 g/mol. The number of hydrogen-bond donors (Lipinski definition) is 1. The minimum absolute atomic E-state index is 0.114. The van der Waals surface area contributed by atoms with Crippen LogP contribution in [0.4, 0.5) is 0 Å². The van der Waals surface area contributed by atoms with Gasteiger partial charge >= 0.3 is 0 Å². The summed E-state index contributed by atoms with van der Waals surface area (Å²) < 4.78 is 10.8. The van der Waals surface area contributed by atoms with Crippen LogP contribution in [0.3, 0.4) is 0 Å². The van der Waals surface area contributed by atoms with E-state index in [1.165, 1.54) is 0 Å². The Labute approximate surface area is 140 Å². The molecule has 1 N–H and O–H groups in total. The van der Waals surface area contributed by atoms with E-state index in [9.17, 15) is 9.59 Å². The zero-order valence-corrected chi connectivity index (χ0v) is 14.0. The number of morpholine rings is 1. The average Bonchev–Trinajstić information content (AvgIpc) is 2.54. The largest absolute Gasteiger partial charge is 0.481 e. The third kappa shape index (κ3) is 5.11. The first-order valence-electron chi connectivity index (χ1n) is 7.56. The van der Waals surface area contributed by atoms with Gasteiger partial charge in [-0.2, -0.15) is 0 Å². The van der Waals surface area contributed by atoms with E-state index in [1.807, 2.05) is 0 Å². The molecule has 0 spiro atoms. The van der Waals surface area contributed by atoms with Crippen LogP contribution in [0.25, 0.3) is 0 Å². The molecule has 0 aliphatic carbocycles. The Morgan fingerprint density at radius 2 is 2.00 bits per heavy atom. The number of halogens is 1. The van der Waals surface area contributed by atoms with E-state index >= 15 is 0 Å². The zero-order chi connectivity index (χ0) is 16.8. The number of hydrogen-bond acceptors (Lipinski definition) is 4. The monoisotopic (exact) mass is 340 g/mol. The SMILES string of the molecule is CC(NC(=O)C(C)Oc1cccc(Cl)c1)C(=O)N1CCOCC1. The number of ether oxygens (including phenoxy) is 2. The van der Waals surface area contributed by atoms with Crippen LogP contribution in [-0.2, 0) is 14.3 Å². The van der Waals surface area contributed by atoms with Gasteiger partial charge in [-0.3, -0.25) is 9.59 Å². The lowest BCUT2D eigenvalue weighted by Crippen LogP contribution is -2.52. The number of carbonyl (C=O) groups excluding carboxylic acids is 2. The Balaban J connectivity index is 1.85. The Morgan fingerprint density at radius 3 is 2.65 bits per heavy atom. The fraction of sp³-hybridized carbons (Fsp3) is 0.500. The fourth-order valence-electron chi connectivity index (χ4n) is 2.25. The van der Waals surface area contributed by atoms with Crippen LogP contribution < -0.4 is 10.1 Å². The van der Waals surface area contributed by atoms with Crippen LogP contribution in [0.1, 0.15) is 13.8 Å². The summed E-state index contributed by atoms with van der Waals surface area (Å²) in [7, 11) is 0. The quantitative estimate of drug-likeness (QED) is 0.881. The van der Waals surface area contributed by atoms with E-state index in [-0.39, 0.29) is 11.8 Å². The lowest BCUT2D eigenvalue weighted by atomic mass is 10.2. The van der Waals surface area contributed by atoms with Gasteiger partial charge in [-0.15, -0.1) is 0 Å². The molecule has 1 fully saturated rings. The number of nitrogens with zero attached hydrogens (tertiary/aromatic N) is 1. The molecule has 126 valence electrons. The summed E-state index contributed by atoms with van der Waals surface area (Å²) in [5.74, 6) is 0.0444. The molecule has 1 saturated heterocycles. The highest BCUT2D eigenvalue weighted by Crippen LogP contribution is 2.18. The predicted octanol–water partition coefficient (Wildman–Crippen LogP) is 1.47. The van der Waals surface area contributed by atoms with E-state index in [4.69, 9.17) is 21.1 Å². The van der Waals surface area contributed by atoms with Crippen LogP contribution in [0.2, 0.25) is 5.02 Å². The number of carbonyl (C=O) groups is 2. The number of benzene rings is 1. The summed E-state index contributed by atoms with van der Waals surface area (Å²) in [6.07, 6.45) is -0.728. The highest BCUT2D eigenvalue weighted by molar-refractivity contribution is 6.30. The molecule has 1 heterocycles. The molecule has 1 aliphatic rings. The van der Waals surface area contributed by atoms with Gasteiger partial charge in [0.15, 0.2) is 6.10 Å². The maximum absolute atomic E-state index is 12.3. The van der Waals surface area contributed by atoms with E-state index in [1.54, 1.807) is 43.0 Å². The first kappa shape index (κ1) is 17.6. The standard InChI is InChI=1S/C16H21ClN2O4/c1-11(16(21)19-6-8-22-9-7-19)18-15(20)12(2)23-14-5-3-4-13(17)10-14/h3-5,10-12H,6-9H2,1-2H3,(H,18,20). The Morgan fingerprint density at radius 1 is 1.30 bits per heavy atom. The van der Waals surface area contributed by atoms with Crippen molar-refractivity contribution in [1.82, 2.24) is 10.2 Å². The maximum Gasteiger partial charge on any atom is 0.261 e. The minimum Gasteiger partial charge on any atom is -0.481 e. The van der Waals surface area contributed by atoms with E-state index < -0.39 is 12.1 Å². The minimum atomic E-state index is -0.728. The van der Waals surface area contributed by atoms with Crippen molar-refractivity contribution in [2.75, 3.05) is 26.3 Å². The predicted molar refractivity (Wildman–Crippen MR) is 86.5 cm³/mol. The second kappa shape index (κ2) is 8.17. The average molecular weight is 341 g/mol. The Hall–Kier alpha value is -1.79. The van der Waals surface area contributed by atoms with Crippen LogP contribution in [0, 0.1) is 0 Å². The fourth-order valence-corrected chi connectivity index (χ4v) is 2.43. The van der Waals surface area contributed by atoms with Crippen molar-refractivity contribution in [3.63, 3.8) is 0 Å². The maximum atomic E-state index is 12.3. The van der Waals surface area contributed by atoms with Crippen LogP contribution in [-0.4, -0.2) is 55.2 Å². The van der Waals surface area contributed by atoms with Gasteiger partial charge in [0.2, 0.25) is 5.91 Å². The molecule has 1 aliphatic heterocycles. The van der Waals surface area contributed by atoms with E-state index in [0.717, 1.165) is 0 Å². The molecule has 23 heavy (non-hydrogen) atoms. The third-order valence-corrected chi connectivity index (χ3v) is 3.77. The van der Waals surface area contributed by atoms with Crippen LogP contribution in [0.5, 0.6) is 5.75 Å². The van der Waals surface area contributed by atoms with Gasteiger partial charge in [0.25, 0.3) is 5.91 Å². The second-order valence-corrected chi connectivity index (χ2v) is 5.82. The summed E-state index contributed by atoms with van der Waals surface area (Å²) in [6.45, 7) is 5.45. The summed E-state index contributed by atoms with van der Waals surface area (Å²) >= 11 is 5.88. The smallest absolute Gasteiger partial charge is 0.261 e. The number of nitrogens with one attached hydrogen (secondary N) is 1. The highest BCUT2D eigenvalue weighted by Gasteiger charge is 2.25. The lowest BCUT2D eigenvalue weighted by Gasteiger charge is -2.29. The molecule has 2 amide bonds. The van der Waals surface area contributed by atoms with Gasteiger partial charge in [0, 0.05) is 18.1 Å². The molecule has 2 unspecified atom stereocenters. The van der Waals surface area contributed by atoms with Crippen molar-refractivity contribution in [3.05, 3.63) is 29.3 Å². The van der Waals surface area contributed by atoms with Crippen LogP contribution in [0.15, 0.2) is 24.3 Å². The third-order valence-electron chi connectivity index (χ3n) is 3.53. The van der Waals surface area contributed by atoms with Crippen LogP contribution >= 0.6 is 11.6 Å².